The fourth-order valence-electron chi connectivity index (χ4n) is 10.5. The first-order valence-electron chi connectivity index (χ1n) is 32.1. The van der Waals surface area contributed by atoms with Crippen molar-refractivity contribution in [3.63, 3.8) is 0 Å². The van der Waals surface area contributed by atoms with E-state index in [1.807, 2.05) is 0 Å². The summed E-state index contributed by atoms with van der Waals surface area (Å²) in [5.41, 5.74) is 0. The maximum atomic E-state index is 12.6. The highest BCUT2D eigenvalue weighted by Gasteiger charge is 2.28. The van der Waals surface area contributed by atoms with Crippen LogP contribution in [-0.2, 0) is 4.79 Å². The van der Waals surface area contributed by atoms with E-state index in [0.29, 0.717) is 12.8 Å². The van der Waals surface area contributed by atoms with Gasteiger partial charge in [0.2, 0.25) is 5.91 Å². The van der Waals surface area contributed by atoms with Crippen molar-refractivity contribution in [2.75, 3.05) is 6.61 Å². The minimum atomic E-state index is -1.28. The van der Waals surface area contributed by atoms with E-state index < -0.39 is 36.9 Å². The number of amides is 1. The molecule has 0 bridgehead atoms. The summed E-state index contributed by atoms with van der Waals surface area (Å²) in [6.45, 7) is 4.10. The minimum absolute atomic E-state index is 0.369. The van der Waals surface area contributed by atoms with Gasteiger partial charge in [-0.25, -0.2) is 0 Å². The van der Waals surface area contributed by atoms with E-state index in [4.69, 9.17) is 0 Å². The molecule has 5 N–H and O–H groups in total. The zero-order chi connectivity index (χ0) is 50.9. The van der Waals surface area contributed by atoms with Crippen molar-refractivity contribution >= 4 is 5.91 Å². The zero-order valence-electron chi connectivity index (χ0n) is 47.6. The maximum absolute atomic E-state index is 12.6. The van der Waals surface area contributed by atoms with Crippen LogP contribution >= 0.6 is 0 Å². The summed E-state index contributed by atoms with van der Waals surface area (Å²) >= 11 is 0. The Hall–Kier alpha value is -0.950. The molecule has 0 fully saturated rings. The van der Waals surface area contributed by atoms with E-state index in [0.717, 1.165) is 38.5 Å². The minimum Gasteiger partial charge on any atom is -0.394 e. The van der Waals surface area contributed by atoms with E-state index >= 15 is 0 Å². The van der Waals surface area contributed by atoms with Crippen molar-refractivity contribution in [1.82, 2.24) is 5.32 Å². The lowest BCUT2D eigenvalue weighted by atomic mass is 10.00. The Kier molecular flexibility index (Phi) is 58.1. The molecule has 0 heterocycles. The molecule has 1 amide bonds. The number of allylic oxidation sites excluding steroid dienone is 2. The van der Waals surface area contributed by atoms with Crippen LogP contribution in [0.15, 0.2) is 12.2 Å². The van der Waals surface area contributed by atoms with E-state index in [2.05, 4.69) is 31.3 Å². The molecule has 0 saturated carbocycles. The topological polar surface area (TPSA) is 110 Å². The summed E-state index contributed by atoms with van der Waals surface area (Å²) in [5, 5.41) is 44.1. The number of hydrogen-bond acceptors (Lipinski definition) is 5. The number of unbranched alkanes of at least 4 members (excludes halogenated alkanes) is 49. The smallest absolute Gasteiger partial charge is 0.249 e. The molecular formula is C64H127NO5. The third kappa shape index (κ3) is 51.9. The number of aliphatic hydroxyl groups excluding tert-OH is 4. The molecule has 0 aromatic rings. The average Bonchev–Trinajstić information content (AvgIpc) is 3.36. The molecule has 0 saturated heterocycles. The molecule has 0 aliphatic heterocycles. The van der Waals surface area contributed by atoms with Gasteiger partial charge in [0.05, 0.1) is 18.8 Å². The number of nitrogens with one attached hydrogen (secondary N) is 1. The van der Waals surface area contributed by atoms with Gasteiger partial charge >= 0.3 is 0 Å². The number of carbonyl (C=O) groups is 1. The second kappa shape index (κ2) is 58.9. The Morgan fingerprint density at radius 1 is 0.343 bits per heavy atom. The SMILES string of the molecule is CCCCCCCCCCCCCCCCCCCCC/C=C/CCCC(O)C(O)C(CO)NC(=O)C(O)CCCCCCCCCCCCCCCCCCCCCCCCCCCCCCCC. The molecule has 4 unspecified atom stereocenters. The van der Waals surface area contributed by atoms with Gasteiger partial charge in [-0.05, 0) is 38.5 Å². The lowest BCUT2D eigenvalue weighted by molar-refractivity contribution is -0.132. The summed E-state index contributed by atoms with van der Waals surface area (Å²) in [7, 11) is 0. The second-order valence-electron chi connectivity index (χ2n) is 22.5. The summed E-state index contributed by atoms with van der Waals surface area (Å²) in [4.78, 5) is 12.6. The van der Waals surface area contributed by atoms with Crippen LogP contribution in [0.2, 0.25) is 0 Å². The Labute approximate surface area is 438 Å². The first-order chi connectivity index (χ1) is 34.5. The molecule has 418 valence electrons. The molecule has 0 aromatic heterocycles. The fraction of sp³-hybridized carbons (Fsp3) is 0.953. The highest BCUT2D eigenvalue weighted by molar-refractivity contribution is 5.80. The van der Waals surface area contributed by atoms with Crippen LogP contribution in [-0.4, -0.2) is 57.3 Å². The standard InChI is InChI=1S/C64H127NO5/c1-3-5-7-9-11-13-15-17-19-21-23-25-27-29-30-31-32-33-34-36-38-40-42-44-46-48-50-52-54-56-58-62(68)64(70)65-60(59-66)63(69)61(67)57-55-53-51-49-47-45-43-41-39-37-35-28-26-24-22-20-18-16-14-12-10-8-6-4-2/h49,51,60-63,66-69H,3-48,50,52-59H2,1-2H3,(H,65,70)/b51-49+. The molecule has 70 heavy (non-hydrogen) atoms. The van der Waals surface area contributed by atoms with E-state index in [1.54, 1.807) is 0 Å². The first-order valence-corrected chi connectivity index (χ1v) is 32.1. The Morgan fingerprint density at radius 3 is 0.857 bits per heavy atom. The molecule has 0 radical (unpaired) electrons. The van der Waals surface area contributed by atoms with Gasteiger partial charge in [0.1, 0.15) is 12.2 Å². The summed E-state index contributed by atoms with van der Waals surface area (Å²) in [5.74, 6) is -0.585. The van der Waals surface area contributed by atoms with Gasteiger partial charge < -0.3 is 25.7 Å². The van der Waals surface area contributed by atoms with Gasteiger partial charge in [0, 0.05) is 0 Å². The molecule has 0 rings (SSSR count). The van der Waals surface area contributed by atoms with Gasteiger partial charge in [0.25, 0.3) is 0 Å². The third-order valence-electron chi connectivity index (χ3n) is 15.5. The fourth-order valence-corrected chi connectivity index (χ4v) is 10.5. The molecule has 0 spiro atoms. The van der Waals surface area contributed by atoms with Crippen LogP contribution in [0.25, 0.3) is 0 Å². The number of hydrogen-bond donors (Lipinski definition) is 5. The molecule has 0 aliphatic carbocycles. The maximum Gasteiger partial charge on any atom is 0.249 e. The first kappa shape index (κ1) is 69.0. The van der Waals surface area contributed by atoms with E-state index in [-0.39, 0.29) is 0 Å². The van der Waals surface area contributed by atoms with E-state index in [9.17, 15) is 25.2 Å². The normalized spacial score (nSPS) is 13.6. The highest BCUT2D eigenvalue weighted by atomic mass is 16.3. The second-order valence-corrected chi connectivity index (χ2v) is 22.5. The largest absolute Gasteiger partial charge is 0.394 e. The van der Waals surface area contributed by atoms with Crippen LogP contribution in [0, 0.1) is 0 Å². The van der Waals surface area contributed by atoms with E-state index in [1.165, 1.54) is 295 Å². The Morgan fingerprint density at radius 2 is 0.586 bits per heavy atom. The van der Waals surface area contributed by atoms with Crippen molar-refractivity contribution in [1.29, 1.82) is 0 Å². The molecule has 6 heteroatoms. The molecule has 6 nitrogen and oxygen atoms in total. The molecular weight excluding hydrogens is 863 g/mol. The summed E-state index contributed by atoms with van der Waals surface area (Å²) in [6.07, 6.45) is 71.8. The van der Waals surface area contributed by atoms with Crippen molar-refractivity contribution in [3.05, 3.63) is 12.2 Å². The molecule has 0 aromatic carbocycles. The lowest BCUT2D eigenvalue weighted by Gasteiger charge is -2.27. The molecule has 4 atom stereocenters. The van der Waals surface area contributed by atoms with Crippen molar-refractivity contribution < 1.29 is 25.2 Å². The van der Waals surface area contributed by atoms with Crippen molar-refractivity contribution in [2.45, 2.75) is 385 Å². The van der Waals surface area contributed by atoms with Crippen molar-refractivity contribution in [3.8, 4) is 0 Å². The number of aliphatic hydroxyl groups is 4. The van der Waals surface area contributed by atoms with Crippen LogP contribution in [0.1, 0.15) is 361 Å². The van der Waals surface area contributed by atoms with Gasteiger partial charge in [-0.3, -0.25) is 4.79 Å². The van der Waals surface area contributed by atoms with Gasteiger partial charge in [-0.2, -0.15) is 0 Å². The highest BCUT2D eigenvalue weighted by Crippen LogP contribution is 2.19. The van der Waals surface area contributed by atoms with Gasteiger partial charge in [-0.1, -0.05) is 334 Å². The zero-order valence-corrected chi connectivity index (χ0v) is 47.6. The van der Waals surface area contributed by atoms with Gasteiger partial charge in [0.15, 0.2) is 0 Å². The van der Waals surface area contributed by atoms with Gasteiger partial charge in [-0.15, -0.1) is 0 Å². The summed E-state index contributed by atoms with van der Waals surface area (Å²) < 4.78 is 0. The van der Waals surface area contributed by atoms with Crippen LogP contribution in [0.3, 0.4) is 0 Å². The average molecular weight is 991 g/mol. The van der Waals surface area contributed by atoms with Crippen LogP contribution in [0.5, 0.6) is 0 Å². The predicted molar refractivity (Wildman–Crippen MR) is 307 cm³/mol. The quantitative estimate of drug-likeness (QED) is 0.0308. The molecule has 0 aliphatic rings. The van der Waals surface area contributed by atoms with Crippen LogP contribution < -0.4 is 5.32 Å². The Bertz CT molecular complexity index is 1020. The van der Waals surface area contributed by atoms with Crippen LogP contribution in [0.4, 0.5) is 0 Å². The predicted octanol–water partition coefficient (Wildman–Crippen LogP) is 19.2. The Balaban J connectivity index is 3.56. The number of carbonyl (C=O) groups excluding carboxylic acids is 1. The monoisotopic (exact) mass is 990 g/mol. The summed E-state index contributed by atoms with van der Waals surface area (Å²) in [6, 6.07) is -1.000. The lowest BCUT2D eigenvalue weighted by Crippen LogP contribution is -2.53. The number of rotatable bonds is 60. The van der Waals surface area contributed by atoms with Crippen molar-refractivity contribution in [2.24, 2.45) is 0 Å². The third-order valence-corrected chi connectivity index (χ3v) is 15.5.